The molecule has 1 heterocycles. The summed E-state index contributed by atoms with van der Waals surface area (Å²) in [6.45, 7) is 1.32. The number of alkyl halides is 3. The van der Waals surface area contributed by atoms with Crippen LogP contribution in [0.3, 0.4) is 0 Å². The molecule has 0 saturated heterocycles. The van der Waals surface area contributed by atoms with E-state index in [0.29, 0.717) is 4.88 Å². The van der Waals surface area contributed by atoms with Gasteiger partial charge in [0.25, 0.3) is 0 Å². The Morgan fingerprint density at radius 2 is 1.73 bits per heavy atom. The number of hydrogen-bond acceptors (Lipinski definition) is 5. The lowest BCUT2D eigenvalue weighted by Crippen LogP contribution is -2.42. The van der Waals surface area contributed by atoms with Crippen LogP contribution in [0.2, 0.25) is 0 Å². The average molecular weight is 438 g/mol. The minimum absolute atomic E-state index is 0.112. The fourth-order valence-electron chi connectivity index (χ4n) is 2.59. The Morgan fingerprint density at radius 3 is 2.37 bits per heavy atom. The molecule has 0 aliphatic rings. The summed E-state index contributed by atoms with van der Waals surface area (Å²) >= 11 is 1.38. The maximum atomic E-state index is 12.2. The van der Waals surface area contributed by atoms with Crippen molar-refractivity contribution in [2.45, 2.75) is 18.9 Å². The van der Waals surface area contributed by atoms with Crippen molar-refractivity contribution >= 4 is 38.9 Å². The van der Waals surface area contributed by atoms with Crippen LogP contribution in [-0.4, -0.2) is 29.8 Å². The molecule has 3 N–H and O–H groups in total. The van der Waals surface area contributed by atoms with Crippen molar-refractivity contribution in [3.05, 3.63) is 59.5 Å². The number of carbonyl (C=O) groups excluding carboxylic acids is 2. The summed E-state index contributed by atoms with van der Waals surface area (Å²) in [5, 5.41) is 16.3. The van der Waals surface area contributed by atoms with Crippen molar-refractivity contribution in [3.63, 3.8) is 0 Å². The van der Waals surface area contributed by atoms with E-state index in [9.17, 15) is 27.9 Å². The molecule has 2 aromatic carbocycles. The zero-order valence-corrected chi connectivity index (χ0v) is 16.4. The lowest BCUT2D eigenvalue weighted by molar-refractivity contribution is -0.274. The molecule has 1 atom stereocenters. The van der Waals surface area contributed by atoms with Gasteiger partial charge in [-0.25, -0.2) is 0 Å². The van der Waals surface area contributed by atoms with E-state index in [2.05, 4.69) is 15.4 Å². The summed E-state index contributed by atoms with van der Waals surface area (Å²) in [4.78, 5) is 24.7. The van der Waals surface area contributed by atoms with E-state index in [0.717, 1.165) is 22.2 Å². The van der Waals surface area contributed by atoms with Gasteiger partial charge in [0.1, 0.15) is 11.4 Å². The first kappa shape index (κ1) is 21.6. The number of fused-ring (bicyclic) bond motifs is 1. The summed E-state index contributed by atoms with van der Waals surface area (Å²) < 4.78 is 41.2. The van der Waals surface area contributed by atoms with E-state index in [1.807, 2.05) is 30.3 Å². The third-order valence-corrected chi connectivity index (χ3v) is 5.47. The second-order valence-corrected chi connectivity index (χ2v) is 7.72. The van der Waals surface area contributed by atoms with E-state index in [4.69, 9.17) is 0 Å². The molecule has 0 fully saturated rings. The second-order valence-electron chi connectivity index (χ2n) is 6.63. The van der Waals surface area contributed by atoms with Crippen molar-refractivity contribution in [3.8, 4) is 5.75 Å². The summed E-state index contributed by atoms with van der Waals surface area (Å²) in [7, 11) is 0. The third kappa shape index (κ3) is 5.49. The van der Waals surface area contributed by atoms with Gasteiger partial charge < -0.3 is 20.5 Å². The highest BCUT2D eigenvalue weighted by atomic mass is 32.1. The monoisotopic (exact) mass is 438 g/mol. The van der Waals surface area contributed by atoms with E-state index in [-0.39, 0.29) is 12.2 Å². The quantitative estimate of drug-likeness (QED) is 0.530. The van der Waals surface area contributed by atoms with E-state index >= 15 is 0 Å². The molecular formula is C20H17F3N2O4S. The predicted octanol–water partition coefficient (Wildman–Crippen LogP) is 3.76. The van der Waals surface area contributed by atoms with Gasteiger partial charge in [0.2, 0.25) is 0 Å². The van der Waals surface area contributed by atoms with Gasteiger partial charge in [0.15, 0.2) is 0 Å². The lowest BCUT2D eigenvalue weighted by atomic mass is 10.0. The molecule has 0 aliphatic carbocycles. The molecule has 0 radical (unpaired) electrons. The Kier molecular flexibility index (Phi) is 5.99. The maximum absolute atomic E-state index is 12.2. The molecule has 158 valence electrons. The normalized spacial score (nSPS) is 13.5. The first-order valence-corrected chi connectivity index (χ1v) is 9.51. The number of carbonyl (C=O) groups is 2. The second kappa shape index (κ2) is 8.33. The minimum Gasteiger partial charge on any atom is -0.406 e. The summed E-state index contributed by atoms with van der Waals surface area (Å²) in [5.74, 6) is -2.47. The van der Waals surface area contributed by atoms with E-state index in [1.54, 1.807) is 0 Å². The zero-order valence-electron chi connectivity index (χ0n) is 15.6. The van der Waals surface area contributed by atoms with Gasteiger partial charge in [-0.3, -0.25) is 9.59 Å². The van der Waals surface area contributed by atoms with Crippen molar-refractivity contribution in [2.75, 3.05) is 11.9 Å². The first-order chi connectivity index (χ1) is 14.0. The molecule has 0 bridgehead atoms. The molecule has 3 aromatic rings. The number of halogens is 3. The smallest absolute Gasteiger partial charge is 0.406 e. The zero-order chi connectivity index (χ0) is 21.9. The highest BCUT2D eigenvalue weighted by molar-refractivity contribution is 7.19. The highest BCUT2D eigenvalue weighted by Gasteiger charge is 2.31. The van der Waals surface area contributed by atoms with Gasteiger partial charge in [-0.05, 0) is 48.7 Å². The summed E-state index contributed by atoms with van der Waals surface area (Å²) in [6.07, 6.45) is -4.82. The maximum Gasteiger partial charge on any atom is 0.573 e. The summed E-state index contributed by atoms with van der Waals surface area (Å²) in [5.41, 5.74) is -1.28. The van der Waals surface area contributed by atoms with Gasteiger partial charge in [-0.2, -0.15) is 0 Å². The van der Waals surface area contributed by atoms with Crippen LogP contribution < -0.4 is 15.4 Å². The number of rotatable bonds is 5. The molecule has 6 nitrogen and oxygen atoms in total. The van der Waals surface area contributed by atoms with Crippen LogP contribution >= 0.6 is 11.3 Å². The third-order valence-electron chi connectivity index (χ3n) is 4.10. The number of aliphatic hydroxyl groups is 1. The number of ether oxygens (including phenoxy) is 1. The summed E-state index contributed by atoms with van der Waals surface area (Å²) in [6, 6.07) is 13.7. The molecule has 0 spiro atoms. The number of thiophene rings is 1. The van der Waals surface area contributed by atoms with Gasteiger partial charge in [-0.1, -0.05) is 18.2 Å². The van der Waals surface area contributed by atoms with Crippen LogP contribution in [0.5, 0.6) is 5.75 Å². The van der Waals surface area contributed by atoms with E-state index < -0.39 is 29.5 Å². The number of nitrogens with one attached hydrogen (secondary N) is 2. The SMILES string of the molecule is C[C@](O)(CNC(=O)C(=O)Nc1ccc(OC(F)(F)F)cc1)c1cc2ccccc2s1. The van der Waals surface area contributed by atoms with Gasteiger partial charge >= 0.3 is 18.2 Å². The number of anilines is 1. The first-order valence-electron chi connectivity index (χ1n) is 8.70. The van der Waals surface area contributed by atoms with Gasteiger partial charge in [-0.15, -0.1) is 24.5 Å². The molecule has 1 aromatic heterocycles. The molecule has 10 heteroatoms. The van der Waals surface area contributed by atoms with Crippen LogP contribution in [0.25, 0.3) is 10.1 Å². The molecular weight excluding hydrogens is 421 g/mol. The van der Waals surface area contributed by atoms with E-state index in [1.165, 1.54) is 30.4 Å². The fraction of sp³-hybridized carbons (Fsp3) is 0.200. The standard InChI is InChI=1S/C20H17F3N2O4S/c1-19(28,16-10-12-4-2-3-5-15(12)30-16)11-24-17(26)18(27)25-13-6-8-14(9-7-13)29-20(21,22)23/h2-10,28H,11H2,1H3,(H,24,26)(H,25,27)/t19-/m0/s1. The van der Waals surface area contributed by atoms with Gasteiger partial charge in [0, 0.05) is 15.3 Å². The molecule has 30 heavy (non-hydrogen) atoms. The van der Waals surface area contributed by atoms with Crippen molar-refractivity contribution in [1.29, 1.82) is 0 Å². The molecule has 2 amide bonds. The Hall–Kier alpha value is -3.11. The Labute approximate surface area is 173 Å². The molecule has 0 saturated carbocycles. The van der Waals surface area contributed by atoms with Crippen LogP contribution in [0, 0.1) is 0 Å². The Morgan fingerprint density at radius 1 is 1.07 bits per heavy atom. The average Bonchev–Trinajstić information content (AvgIpc) is 3.12. The van der Waals surface area contributed by atoms with Crippen molar-refractivity contribution < 1.29 is 32.6 Å². The molecule has 0 aliphatic heterocycles. The van der Waals surface area contributed by atoms with Crippen LogP contribution in [0.4, 0.5) is 18.9 Å². The fourth-order valence-corrected chi connectivity index (χ4v) is 3.70. The molecule has 0 unspecified atom stereocenters. The van der Waals surface area contributed by atoms with Crippen molar-refractivity contribution in [2.24, 2.45) is 0 Å². The topological polar surface area (TPSA) is 87.7 Å². The predicted molar refractivity (Wildman–Crippen MR) is 106 cm³/mol. The Balaban J connectivity index is 1.56. The van der Waals surface area contributed by atoms with Crippen LogP contribution in [-0.2, 0) is 15.2 Å². The highest BCUT2D eigenvalue weighted by Crippen LogP contribution is 2.32. The number of hydrogen-bond donors (Lipinski definition) is 3. The molecule has 3 rings (SSSR count). The number of amides is 2. The van der Waals surface area contributed by atoms with Gasteiger partial charge in [0.05, 0.1) is 6.54 Å². The van der Waals surface area contributed by atoms with Crippen LogP contribution in [0.1, 0.15) is 11.8 Å². The van der Waals surface area contributed by atoms with Crippen LogP contribution in [0.15, 0.2) is 54.6 Å². The Bertz CT molecular complexity index is 1030. The lowest BCUT2D eigenvalue weighted by Gasteiger charge is -2.22. The number of benzene rings is 2. The minimum atomic E-state index is -4.82. The largest absolute Gasteiger partial charge is 0.573 e. The van der Waals surface area contributed by atoms with Crippen molar-refractivity contribution in [1.82, 2.24) is 5.32 Å².